The second-order valence-electron chi connectivity index (χ2n) is 12.8. The van der Waals surface area contributed by atoms with Gasteiger partial charge in [0.15, 0.2) is 0 Å². The van der Waals surface area contributed by atoms with E-state index in [2.05, 4.69) is 48.7 Å². The number of nitrogens with one attached hydrogen (secondary N) is 2. The first-order valence-corrected chi connectivity index (χ1v) is 15.6. The van der Waals surface area contributed by atoms with E-state index in [1.165, 1.54) is 0 Å². The molecule has 2 bridgehead atoms. The van der Waals surface area contributed by atoms with Gasteiger partial charge in [-0.1, -0.05) is 86.3 Å². The lowest BCUT2D eigenvalue weighted by Gasteiger charge is -2.38. The van der Waals surface area contributed by atoms with E-state index in [0.29, 0.717) is 35.5 Å². The highest BCUT2D eigenvalue weighted by molar-refractivity contribution is 6.31. The Morgan fingerprint density at radius 2 is 1.83 bits per heavy atom. The van der Waals surface area contributed by atoms with Crippen LogP contribution in [0.4, 0.5) is 5.69 Å². The van der Waals surface area contributed by atoms with Crippen molar-refractivity contribution in [1.82, 2.24) is 10.2 Å². The predicted molar refractivity (Wildman–Crippen MR) is 163 cm³/mol. The number of anilines is 1. The Kier molecular flexibility index (Phi) is 7.69. The molecule has 0 unspecified atom stereocenters. The summed E-state index contributed by atoms with van der Waals surface area (Å²) in [7, 11) is 0. The number of fused-ring (bicyclic) bond motifs is 1. The highest BCUT2D eigenvalue weighted by Crippen LogP contribution is 2.55. The molecule has 1 saturated carbocycles. The molecule has 8 atom stereocenters. The van der Waals surface area contributed by atoms with Gasteiger partial charge in [-0.25, -0.2) is 0 Å². The van der Waals surface area contributed by atoms with Crippen molar-refractivity contribution in [2.24, 2.45) is 23.7 Å². The second kappa shape index (κ2) is 11.2. The summed E-state index contributed by atoms with van der Waals surface area (Å²) in [6.45, 7) is 8.73. The Morgan fingerprint density at radius 1 is 1.07 bits per heavy atom. The van der Waals surface area contributed by atoms with Crippen molar-refractivity contribution in [2.45, 2.75) is 77.2 Å². The number of rotatable bonds is 7. The molecule has 42 heavy (non-hydrogen) atoms. The molecule has 1 spiro atoms. The minimum atomic E-state index is -1.18. The number of likely N-dealkylation sites (tertiary alicyclic amines) is 1. The normalized spacial score (nSPS) is 33.1. The van der Waals surface area contributed by atoms with Gasteiger partial charge in [-0.2, -0.15) is 0 Å². The monoisotopic (exact) mass is 589 g/mol. The van der Waals surface area contributed by atoms with Gasteiger partial charge < -0.3 is 20.3 Å². The Labute approximate surface area is 253 Å². The maximum atomic E-state index is 14.3. The number of hydrogen-bond acceptors (Lipinski definition) is 4. The maximum absolute atomic E-state index is 14.3. The molecule has 2 aromatic carbocycles. The minimum absolute atomic E-state index is 0.0405. The van der Waals surface area contributed by atoms with Crippen molar-refractivity contribution in [3.05, 3.63) is 76.3 Å². The van der Waals surface area contributed by atoms with E-state index in [1.54, 1.807) is 17.0 Å². The fourth-order valence-corrected chi connectivity index (χ4v) is 7.64. The van der Waals surface area contributed by atoms with E-state index >= 15 is 0 Å². The van der Waals surface area contributed by atoms with Crippen LogP contribution >= 0.6 is 11.6 Å². The van der Waals surface area contributed by atoms with Gasteiger partial charge in [0, 0.05) is 23.3 Å². The zero-order valence-electron chi connectivity index (χ0n) is 24.7. The summed E-state index contributed by atoms with van der Waals surface area (Å²) in [5.74, 6) is -1.40. The Bertz CT molecular complexity index is 1420. The standard InChI is InChI=1S/C34H40ClN3O4/c1-19-8-11-23(12-9-19)15-17-38-30(32(40)37-26-7-5-6-20(2)22(26)4)34-16-14-27(42-34)28(29(34)33(38)41)31(39)36-24-13-10-21(3)25(35)18-24/h8-14,16,18,20,22,26-30H,5-7,15,17H2,1-4H3,(H,36,39)(H,37,40)/t20-,22-,26-,27+,28-,29+,30+,34+/m1/s1. The molecular formula is C34H40ClN3O4. The number of aryl methyl sites for hydroxylation is 2. The van der Waals surface area contributed by atoms with Crippen LogP contribution in [-0.4, -0.2) is 53.0 Å². The van der Waals surface area contributed by atoms with Crippen LogP contribution in [0.5, 0.6) is 0 Å². The molecule has 0 aromatic heterocycles. The Hall–Kier alpha value is -3.16. The highest BCUT2D eigenvalue weighted by atomic mass is 35.5. The van der Waals surface area contributed by atoms with Gasteiger partial charge in [0.25, 0.3) is 0 Å². The third-order valence-corrected chi connectivity index (χ3v) is 10.6. The van der Waals surface area contributed by atoms with Gasteiger partial charge in [-0.05, 0) is 61.8 Å². The van der Waals surface area contributed by atoms with Gasteiger partial charge in [0.2, 0.25) is 17.7 Å². The summed E-state index contributed by atoms with van der Waals surface area (Å²) >= 11 is 6.30. The molecule has 4 aliphatic rings. The van der Waals surface area contributed by atoms with Crippen molar-refractivity contribution in [3.8, 4) is 0 Å². The SMILES string of the molecule is Cc1ccc(CCN2C(=O)[C@@H]3[C@H](C(=O)Nc4ccc(C)c(Cl)c4)[C@@H]4C=C[C@@]3(O4)[C@@H]2C(=O)N[C@@H]2CCC[C@@H](C)[C@H]2C)cc1. The van der Waals surface area contributed by atoms with Crippen LogP contribution in [0.3, 0.4) is 0 Å². The third-order valence-electron chi connectivity index (χ3n) is 10.2. The molecule has 6 rings (SSSR count). The number of hydrogen-bond donors (Lipinski definition) is 2. The molecule has 3 amide bonds. The molecule has 3 aliphatic heterocycles. The van der Waals surface area contributed by atoms with Crippen molar-refractivity contribution >= 4 is 35.0 Å². The van der Waals surface area contributed by atoms with E-state index in [1.807, 2.05) is 32.1 Å². The fourth-order valence-electron chi connectivity index (χ4n) is 7.46. The summed E-state index contributed by atoms with van der Waals surface area (Å²) in [4.78, 5) is 43.9. The fraction of sp³-hybridized carbons (Fsp3) is 0.500. The molecule has 0 radical (unpaired) electrons. The Balaban J connectivity index is 1.30. The number of carbonyl (C=O) groups is 3. The second-order valence-corrected chi connectivity index (χ2v) is 13.2. The Morgan fingerprint density at radius 3 is 2.57 bits per heavy atom. The number of amides is 3. The van der Waals surface area contributed by atoms with E-state index in [-0.39, 0.29) is 23.8 Å². The van der Waals surface area contributed by atoms with Crippen molar-refractivity contribution in [3.63, 3.8) is 0 Å². The summed E-state index contributed by atoms with van der Waals surface area (Å²) in [5, 5.41) is 6.83. The molecule has 3 fully saturated rings. The quantitative estimate of drug-likeness (QED) is 0.433. The molecule has 3 heterocycles. The minimum Gasteiger partial charge on any atom is -0.359 e. The van der Waals surface area contributed by atoms with Crippen LogP contribution in [0.25, 0.3) is 0 Å². The molecule has 7 nitrogen and oxygen atoms in total. The van der Waals surface area contributed by atoms with Crippen molar-refractivity contribution in [1.29, 1.82) is 0 Å². The van der Waals surface area contributed by atoms with Gasteiger partial charge in [0.1, 0.15) is 11.6 Å². The molecule has 1 aliphatic carbocycles. The van der Waals surface area contributed by atoms with Gasteiger partial charge in [0.05, 0.1) is 17.9 Å². The van der Waals surface area contributed by atoms with Crippen LogP contribution in [0.15, 0.2) is 54.6 Å². The van der Waals surface area contributed by atoms with Gasteiger partial charge >= 0.3 is 0 Å². The average molecular weight is 590 g/mol. The average Bonchev–Trinajstić information content (AvgIpc) is 3.60. The number of benzene rings is 2. The summed E-state index contributed by atoms with van der Waals surface area (Å²) < 4.78 is 6.52. The topological polar surface area (TPSA) is 87.7 Å². The molecule has 2 saturated heterocycles. The predicted octanol–water partition coefficient (Wildman–Crippen LogP) is 5.23. The maximum Gasteiger partial charge on any atom is 0.246 e. The van der Waals surface area contributed by atoms with Gasteiger partial charge in [-0.15, -0.1) is 0 Å². The summed E-state index contributed by atoms with van der Waals surface area (Å²) in [5.41, 5.74) is 2.54. The zero-order chi connectivity index (χ0) is 29.8. The third kappa shape index (κ3) is 4.94. The van der Waals surface area contributed by atoms with Crippen LogP contribution in [0.2, 0.25) is 5.02 Å². The van der Waals surface area contributed by atoms with E-state index in [4.69, 9.17) is 16.3 Å². The first kappa shape index (κ1) is 28.9. The zero-order valence-corrected chi connectivity index (χ0v) is 25.5. The van der Waals surface area contributed by atoms with E-state index < -0.39 is 29.6 Å². The number of halogens is 1. The van der Waals surface area contributed by atoms with Crippen LogP contribution < -0.4 is 10.6 Å². The van der Waals surface area contributed by atoms with Gasteiger partial charge in [-0.3, -0.25) is 14.4 Å². The summed E-state index contributed by atoms with van der Waals surface area (Å²) in [6.07, 6.45) is 6.88. The molecule has 8 heteroatoms. The lowest BCUT2D eigenvalue weighted by Crippen LogP contribution is -2.58. The number of ether oxygens (including phenoxy) is 1. The smallest absolute Gasteiger partial charge is 0.246 e. The van der Waals surface area contributed by atoms with Crippen molar-refractivity contribution < 1.29 is 19.1 Å². The lowest BCUT2D eigenvalue weighted by molar-refractivity contribution is -0.141. The molecule has 2 aromatic rings. The number of carbonyl (C=O) groups excluding carboxylic acids is 3. The largest absolute Gasteiger partial charge is 0.359 e. The molecule has 2 N–H and O–H groups in total. The van der Waals surface area contributed by atoms with E-state index in [9.17, 15) is 14.4 Å². The van der Waals surface area contributed by atoms with E-state index in [0.717, 1.165) is 36.0 Å². The lowest BCUT2D eigenvalue weighted by atomic mass is 9.73. The molecular weight excluding hydrogens is 550 g/mol. The first-order chi connectivity index (χ1) is 20.1. The highest BCUT2D eigenvalue weighted by Gasteiger charge is 2.72. The summed E-state index contributed by atoms with van der Waals surface area (Å²) in [6, 6.07) is 12.8. The van der Waals surface area contributed by atoms with Crippen LogP contribution in [-0.2, 0) is 25.5 Å². The molecule has 222 valence electrons. The van der Waals surface area contributed by atoms with Crippen molar-refractivity contribution in [2.75, 3.05) is 11.9 Å². The first-order valence-electron chi connectivity index (χ1n) is 15.2. The number of nitrogens with zero attached hydrogens (tertiary/aromatic N) is 1. The van der Waals surface area contributed by atoms with Crippen LogP contribution in [0, 0.1) is 37.5 Å². The van der Waals surface area contributed by atoms with Crippen LogP contribution in [0.1, 0.15) is 49.8 Å².